The Balaban J connectivity index is 2.04. The summed E-state index contributed by atoms with van der Waals surface area (Å²) in [5.41, 5.74) is 1.88. The van der Waals surface area contributed by atoms with E-state index >= 15 is 0 Å². The van der Waals surface area contributed by atoms with E-state index in [9.17, 15) is 14.0 Å². The number of anilines is 1. The molecular weight excluding hydrogens is 385 g/mol. The number of amides is 1. The molecule has 1 aromatic carbocycles. The number of aryl methyl sites for hydroxylation is 2. The van der Waals surface area contributed by atoms with Crippen LogP contribution in [0.5, 0.6) is 0 Å². The molecule has 0 radical (unpaired) electrons. The monoisotopic (exact) mass is 403 g/mol. The Labute approximate surface area is 165 Å². The molecule has 2 heterocycles. The van der Waals surface area contributed by atoms with E-state index in [0.717, 1.165) is 6.07 Å². The molecule has 0 aliphatic carbocycles. The van der Waals surface area contributed by atoms with Crippen LogP contribution in [0.15, 0.2) is 29.1 Å². The van der Waals surface area contributed by atoms with Crippen LogP contribution < -0.4 is 10.9 Å². The zero-order valence-corrected chi connectivity index (χ0v) is 16.6. The van der Waals surface area contributed by atoms with Crippen molar-refractivity contribution in [2.75, 3.05) is 5.32 Å². The lowest BCUT2D eigenvalue weighted by molar-refractivity contribution is 0.102. The van der Waals surface area contributed by atoms with Crippen molar-refractivity contribution in [3.63, 3.8) is 0 Å². The molecule has 28 heavy (non-hydrogen) atoms. The number of hydrogen-bond donors (Lipinski definition) is 1. The lowest BCUT2D eigenvalue weighted by atomic mass is 10.2. The molecule has 0 unspecified atom stereocenters. The van der Waals surface area contributed by atoms with E-state index in [2.05, 4.69) is 15.4 Å². The molecule has 7 nitrogen and oxygen atoms in total. The summed E-state index contributed by atoms with van der Waals surface area (Å²) in [7, 11) is 1.60. The zero-order valence-electron chi connectivity index (χ0n) is 15.9. The predicted octanol–water partition coefficient (Wildman–Crippen LogP) is 3.19. The molecule has 0 spiro atoms. The second-order valence-electron chi connectivity index (χ2n) is 6.36. The maximum atomic E-state index is 13.3. The first-order chi connectivity index (χ1) is 13.2. The third-order valence-electron chi connectivity index (χ3n) is 4.37. The zero-order chi connectivity index (χ0) is 20.6. The van der Waals surface area contributed by atoms with E-state index < -0.39 is 11.7 Å². The summed E-state index contributed by atoms with van der Waals surface area (Å²) in [6.45, 7) is 5.41. The van der Waals surface area contributed by atoms with Crippen LogP contribution in [0.4, 0.5) is 10.2 Å². The van der Waals surface area contributed by atoms with Crippen molar-refractivity contribution in [2.45, 2.75) is 27.2 Å². The SMILES string of the molecule is CCc1c(C)nc(-n2nc(C)cc2NC(=O)c2ccc(F)c(Cl)c2)n(C)c1=O. The van der Waals surface area contributed by atoms with Gasteiger partial charge in [-0.15, -0.1) is 0 Å². The average Bonchev–Trinajstić information content (AvgIpc) is 3.00. The first kappa shape index (κ1) is 19.8. The Hall–Kier alpha value is -3.00. The van der Waals surface area contributed by atoms with Gasteiger partial charge in [-0.25, -0.2) is 9.37 Å². The second kappa shape index (κ2) is 7.55. The van der Waals surface area contributed by atoms with Crippen molar-refractivity contribution in [1.82, 2.24) is 19.3 Å². The number of carbonyl (C=O) groups excluding carboxylic acids is 1. The Kier molecular flexibility index (Phi) is 5.33. The highest BCUT2D eigenvalue weighted by molar-refractivity contribution is 6.31. The summed E-state index contributed by atoms with van der Waals surface area (Å²) >= 11 is 5.76. The highest BCUT2D eigenvalue weighted by Gasteiger charge is 2.18. The van der Waals surface area contributed by atoms with Crippen molar-refractivity contribution in [1.29, 1.82) is 0 Å². The molecule has 0 aliphatic rings. The maximum Gasteiger partial charge on any atom is 0.258 e. The molecule has 0 atom stereocenters. The number of rotatable bonds is 4. The van der Waals surface area contributed by atoms with Crippen molar-refractivity contribution < 1.29 is 9.18 Å². The number of carbonyl (C=O) groups is 1. The highest BCUT2D eigenvalue weighted by Crippen LogP contribution is 2.19. The van der Waals surface area contributed by atoms with Crippen molar-refractivity contribution in [3.05, 3.63) is 68.0 Å². The largest absolute Gasteiger partial charge is 0.306 e. The summed E-state index contributed by atoms with van der Waals surface area (Å²) in [5, 5.41) is 6.92. The third kappa shape index (κ3) is 3.55. The van der Waals surface area contributed by atoms with E-state index in [0.29, 0.717) is 29.2 Å². The number of aromatic nitrogens is 4. The van der Waals surface area contributed by atoms with Crippen LogP contribution in [0.2, 0.25) is 5.02 Å². The Morgan fingerprint density at radius 3 is 2.64 bits per heavy atom. The summed E-state index contributed by atoms with van der Waals surface area (Å²) in [6.07, 6.45) is 0.568. The number of nitrogens with one attached hydrogen (secondary N) is 1. The molecule has 146 valence electrons. The Morgan fingerprint density at radius 1 is 1.29 bits per heavy atom. The van der Waals surface area contributed by atoms with Gasteiger partial charge in [0.15, 0.2) is 0 Å². The topological polar surface area (TPSA) is 81.8 Å². The minimum atomic E-state index is -0.607. The molecule has 2 aromatic heterocycles. The van der Waals surface area contributed by atoms with Gasteiger partial charge in [0.25, 0.3) is 11.5 Å². The van der Waals surface area contributed by atoms with E-state index in [4.69, 9.17) is 11.6 Å². The van der Waals surface area contributed by atoms with E-state index in [-0.39, 0.29) is 22.1 Å². The van der Waals surface area contributed by atoms with Gasteiger partial charge in [-0.1, -0.05) is 18.5 Å². The standard InChI is InChI=1S/C19H19ClFN5O2/c1-5-13-11(3)22-19(25(4)18(13)28)26-16(8-10(2)24-26)23-17(27)12-6-7-15(21)14(20)9-12/h6-9H,5H2,1-4H3,(H,23,27). The van der Waals surface area contributed by atoms with Crippen molar-refractivity contribution >= 4 is 23.3 Å². The summed E-state index contributed by atoms with van der Waals surface area (Å²) in [4.78, 5) is 29.7. The minimum absolute atomic E-state index is 0.146. The fourth-order valence-electron chi connectivity index (χ4n) is 2.90. The van der Waals surface area contributed by atoms with Gasteiger partial charge in [-0.3, -0.25) is 14.2 Å². The normalized spacial score (nSPS) is 10.9. The quantitative estimate of drug-likeness (QED) is 0.725. The number of halogens is 2. The predicted molar refractivity (Wildman–Crippen MR) is 105 cm³/mol. The van der Waals surface area contributed by atoms with Gasteiger partial charge in [-0.05, 0) is 38.5 Å². The van der Waals surface area contributed by atoms with Crippen LogP contribution in [0.1, 0.15) is 34.2 Å². The molecule has 3 rings (SSSR count). The van der Waals surface area contributed by atoms with E-state index in [1.54, 1.807) is 27.0 Å². The lowest BCUT2D eigenvalue weighted by Gasteiger charge is -2.14. The molecule has 1 amide bonds. The molecule has 0 aliphatic heterocycles. The van der Waals surface area contributed by atoms with Gasteiger partial charge in [0.05, 0.1) is 16.4 Å². The fraction of sp³-hybridized carbons (Fsp3) is 0.263. The van der Waals surface area contributed by atoms with Crippen molar-refractivity contribution in [3.8, 4) is 5.95 Å². The van der Waals surface area contributed by atoms with Crippen molar-refractivity contribution in [2.24, 2.45) is 7.05 Å². The maximum absolute atomic E-state index is 13.3. The lowest BCUT2D eigenvalue weighted by Crippen LogP contribution is -2.28. The fourth-order valence-corrected chi connectivity index (χ4v) is 3.08. The molecule has 0 bridgehead atoms. The van der Waals surface area contributed by atoms with Gasteiger partial charge in [0.2, 0.25) is 5.95 Å². The smallest absolute Gasteiger partial charge is 0.258 e. The number of benzene rings is 1. The molecule has 1 N–H and O–H groups in total. The highest BCUT2D eigenvalue weighted by atomic mass is 35.5. The molecule has 0 saturated carbocycles. The van der Waals surface area contributed by atoms with Gasteiger partial charge >= 0.3 is 0 Å². The second-order valence-corrected chi connectivity index (χ2v) is 6.77. The molecule has 0 fully saturated rings. The van der Waals surface area contributed by atoms with E-state index in [1.165, 1.54) is 21.4 Å². The van der Waals surface area contributed by atoms with Crippen LogP contribution in [0, 0.1) is 19.7 Å². The summed E-state index contributed by atoms with van der Waals surface area (Å²) in [5.74, 6) is -0.492. The first-order valence-corrected chi connectivity index (χ1v) is 9.00. The Bertz CT molecular complexity index is 1140. The summed E-state index contributed by atoms with van der Waals surface area (Å²) < 4.78 is 16.1. The van der Waals surface area contributed by atoms with Gasteiger partial charge in [0, 0.05) is 24.2 Å². The van der Waals surface area contributed by atoms with Crippen LogP contribution in [0.3, 0.4) is 0 Å². The average molecular weight is 404 g/mol. The van der Waals surface area contributed by atoms with E-state index in [1.807, 2.05) is 6.92 Å². The first-order valence-electron chi connectivity index (χ1n) is 8.62. The molecular formula is C19H19ClFN5O2. The number of hydrogen-bond acceptors (Lipinski definition) is 4. The summed E-state index contributed by atoms with van der Waals surface area (Å²) in [6, 6.07) is 5.35. The van der Waals surface area contributed by atoms with Gasteiger partial charge < -0.3 is 5.32 Å². The van der Waals surface area contributed by atoms with Crippen LogP contribution >= 0.6 is 11.6 Å². The van der Waals surface area contributed by atoms with Gasteiger partial charge in [0.1, 0.15) is 11.6 Å². The number of nitrogens with zero attached hydrogens (tertiary/aromatic N) is 4. The molecule has 9 heteroatoms. The van der Waals surface area contributed by atoms with Crippen LogP contribution in [-0.4, -0.2) is 25.2 Å². The molecule has 0 saturated heterocycles. The van der Waals surface area contributed by atoms with Crippen LogP contribution in [0.25, 0.3) is 5.95 Å². The van der Waals surface area contributed by atoms with Gasteiger partial charge in [-0.2, -0.15) is 9.78 Å². The minimum Gasteiger partial charge on any atom is -0.306 e. The Morgan fingerprint density at radius 2 is 2.00 bits per heavy atom. The molecule has 3 aromatic rings. The third-order valence-corrected chi connectivity index (χ3v) is 4.65. The van der Waals surface area contributed by atoms with Crippen LogP contribution in [-0.2, 0) is 13.5 Å².